The van der Waals surface area contributed by atoms with Crippen molar-refractivity contribution in [3.63, 3.8) is 0 Å². The van der Waals surface area contributed by atoms with Crippen LogP contribution in [0, 0.1) is 0 Å². The van der Waals surface area contributed by atoms with Crippen molar-refractivity contribution in [2.24, 2.45) is 0 Å². The maximum absolute atomic E-state index is 5.86. The number of nitrogen functional groups attached to an aromatic ring is 1. The third kappa shape index (κ3) is 2.32. The second-order valence-electron chi connectivity index (χ2n) is 4.90. The first-order chi connectivity index (χ1) is 9.65. The lowest BCUT2D eigenvalue weighted by molar-refractivity contribution is 0.432. The third-order valence-corrected chi connectivity index (χ3v) is 3.93. The summed E-state index contributed by atoms with van der Waals surface area (Å²) >= 11 is 1.46. The summed E-state index contributed by atoms with van der Waals surface area (Å²) in [6.07, 6.45) is 0. The van der Waals surface area contributed by atoms with Gasteiger partial charge < -0.3 is 10.3 Å². The third-order valence-electron chi connectivity index (χ3n) is 3.19. The van der Waals surface area contributed by atoms with E-state index in [-0.39, 0.29) is 0 Å². The van der Waals surface area contributed by atoms with Gasteiger partial charge in [0.05, 0.1) is 10.6 Å². The van der Waals surface area contributed by atoms with E-state index in [1.165, 1.54) is 16.9 Å². The number of nitrogens with two attached hydrogens (primary N) is 1. The first-order valence-corrected chi connectivity index (χ1v) is 7.30. The van der Waals surface area contributed by atoms with Crippen LogP contribution in [-0.2, 0) is 0 Å². The van der Waals surface area contributed by atoms with E-state index in [1.54, 1.807) is 0 Å². The summed E-state index contributed by atoms with van der Waals surface area (Å²) in [6, 6.07) is 10.1. The summed E-state index contributed by atoms with van der Waals surface area (Å²) in [7, 11) is 0. The molecule has 0 radical (unpaired) electrons. The van der Waals surface area contributed by atoms with Crippen molar-refractivity contribution >= 4 is 16.3 Å². The molecular formula is C15H15N3OS. The quantitative estimate of drug-likeness (QED) is 0.784. The first-order valence-electron chi connectivity index (χ1n) is 6.42. The van der Waals surface area contributed by atoms with Gasteiger partial charge in [-0.05, 0) is 22.9 Å². The maximum atomic E-state index is 5.86. The molecule has 1 aromatic carbocycles. The van der Waals surface area contributed by atoms with Gasteiger partial charge in [-0.3, -0.25) is 0 Å². The van der Waals surface area contributed by atoms with Crippen LogP contribution in [-0.4, -0.2) is 10.1 Å². The molecule has 0 aliphatic rings. The molecule has 0 bridgehead atoms. The lowest BCUT2D eigenvalue weighted by Crippen LogP contribution is -1.87. The Bertz CT molecular complexity index is 713. The molecular weight excluding hydrogens is 270 g/mol. The molecule has 2 N–H and O–H groups in total. The van der Waals surface area contributed by atoms with E-state index in [0.717, 1.165) is 11.1 Å². The van der Waals surface area contributed by atoms with Crippen LogP contribution in [0.5, 0.6) is 0 Å². The summed E-state index contributed by atoms with van der Waals surface area (Å²) in [4.78, 5) is 4.41. The highest BCUT2D eigenvalue weighted by molar-refractivity contribution is 7.14. The van der Waals surface area contributed by atoms with Crippen molar-refractivity contribution in [3.05, 3.63) is 41.3 Å². The van der Waals surface area contributed by atoms with Crippen LogP contribution >= 0.6 is 11.3 Å². The van der Waals surface area contributed by atoms with Gasteiger partial charge in [-0.2, -0.15) is 4.98 Å². The van der Waals surface area contributed by atoms with Gasteiger partial charge in [-0.1, -0.05) is 43.3 Å². The van der Waals surface area contributed by atoms with Gasteiger partial charge in [0, 0.05) is 5.56 Å². The van der Waals surface area contributed by atoms with Crippen molar-refractivity contribution in [1.29, 1.82) is 0 Å². The van der Waals surface area contributed by atoms with Gasteiger partial charge in [-0.25, -0.2) is 0 Å². The van der Waals surface area contributed by atoms with E-state index in [4.69, 9.17) is 10.3 Å². The van der Waals surface area contributed by atoms with Crippen molar-refractivity contribution < 1.29 is 4.52 Å². The fourth-order valence-electron chi connectivity index (χ4n) is 1.96. The topological polar surface area (TPSA) is 64.9 Å². The molecule has 0 aliphatic heterocycles. The molecule has 2 heterocycles. The van der Waals surface area contributed by atoms with Crippen LogP contribution in [0.2, 0.25) is 0 Å². The average Bonchev–Trinajstić information content (AvgIpc) is 3.07. The highest BCUT2D eigenvalue weighted by atomic mass is 32.1. The van der Waals surface area contributed by atoms with Crippen molar-refractivity contribution in [2.45, 2.75) is 19.8 Å². The molecule has 0 unspecified atom stereocenters. The fraction of sp³-hybridized carbons (Fsp3) is 0.200. The minimum absolute atomic E-state index is 0.465. The Morgan fingerprint density at radius 1 is 1.15 bits per heavy atom. The van der Waals surface area contributed by atoms with Crippen LogP contribution in [0.1, 0.15) is 25.3 Å². The Morgan fingerprint density at radius 3 is 2.50 bits per heavy atom. The number of benzene rings is 1. The Balaban J connectivity index is 1.92. The van der Waals surface area contributed by atoms with Gasteiger partial charge >= 0.3 is 0 Å². The number of aromatic nitrogens is 2. The van der Waals surface area contributed by atoms with E-state index in [2.05, 4.69) is 36.1 Å². The van der Waals surface area contributed by atoms with E-state index in [1.807, 2.05) is 23.6 Å². The predicted molar refractivity (Wildman–Crippen MR) is 81.5 cm³/mol. The summed E-state index contributed by atoms with van der Waals surface area (Å²) < 4.78 is 5.29. The second-order valence-corrected chi connectivity index (χ2v) is 5.85. The van der Waals surface area contributed by atoms with E-state index in [0.29, 0.717) is 22.6 Å². The summed E-state index contributed by atoms with van der Waals surface area (Å²) in [5, 5.41) is 6.62. The molecule has 20 heavy (non-hydrogen) atoms. The average molecular weight is 285 g/mol. The zero-order valence-corrected chi connectivity index (χ0v) is 12.1. The van der Waals surface area contributed by atoms with Crippen molar-refractivity contribution in [3.8, 4) is 22.8 Å². The standard InChI is InChI=1S/C15H15N3OS/c1-9(2)10-3-5-11(6-4-10)14-17-15(19-18-14)12-7-8-20-13(12)16/h3-9H,16H2,1-2H3. The zero-order chi connectivity index (χ0) is 14.1. The minimum Gasteiger partial charge on any atom is -0.390 e. The number of anilines is 1. The molecule has 0 saturated carbocycles. The molecule has 4 nitrogen and oxygen atoms in total. The molecule has 3 rings (SSSR count). The molecule has 0 amide bonds. The van der Waals surface area contributed by atoms with Crippen molar-refractivity contribution in [2.75, 3.05) is 5.73 Å². The van der Waals surface area contributed by atoms with Gasteiger partial charge in [-0.15, -0.1) is 11.3 Å². The van der Waals surface area contributed by atoms with Gasteiger partial charge in [0.15, 0.2) is 0 Å². The number of rotatable bonds is 3. The van der Waals surface area contributed by atoms with Gasteiger partial charge in [0.1, 0.15) is 0 Å². The smallest absolute Gasteiger partial charge is 0.261 e. The number of thiophene rings is 1. The van der Waals surface area contributed by atoms with E-state index in [9.17, 15) is 0 Å². The Morgan fingerprint density at radius 2 is 1.90 bits per heavy atom. The van der Waals surface area contributed by atoms with Crippen molar-refractivity contribution in [1.82, 2.24) is 10.1 Å². The zero-order valence-electron chi connectivity index (χ0n) is 11.3. The molecule has 0 spiro atoms. The first kappa shape index (κ1) is 12.9. The van der Waals surface area contributed by atoms with Crippen LogP contribution in [0.15, 0.2) is 40.2 Å². The monoisotopic (exact) mass is 285 g/mol. The maximum Gasteiger partial charge on any atom is 0.261 e. The molecule has 0 atom stereocenters. The number of nitrogens with zero attached hydrogens (tertiary/aromatic N) is 2. The highest BCUT2D eigenvalue weighted by Gasteiger charge is 2.13. The second kappa shape index (κ2) is 5.09. The van der Waals surface area contributed by atoms with Crippen LogP contribution in [0.25, 0.3) is 22.8 Å². The molecule has 102 valence electrons. The number of hydrogen-bond donors (Lipinski definition) is 1. The van der Waals surface area contributed by atoms with E-state index >= 15 is 0 Å². The molecule has 3 aromatic rings. The van der Waals surface area contributed by atoms with Crippen LogP contribution < -0.4 is 5.73 Å². The lowest BCUT2D eigenvalue weighted by atomic mass is 10.0. The van der Waals surface area contributed by atoms with Crippen LogP contribution in [0.4, 0.5) is 5.00 Å². The summed E-state index contributed by atoms with van der Waals surface area (Å²) in [5.74, 6) is 1.56. The number of hydrogen-bond acceptors (Lipinski definition) is 5. The SMILES string of the molecule is CC(C)c1ccc(-c2noc(-c3ccsc3N)n2)cc1. The molecule has 0 saturated heterocycles. The van der Waals surface area contributed by atoms with Gasteiger partial charge in [0.25, 0.3) is 5.89 Å². The predicted octanol–water partition coefficient (Wildman–Crippen LogP) is 4.17. The Hall–Kier alpha value is -2.14. The molecule has 0 fully saturated rings. The highest BCUT2D eigenvalue weighted by Crippen LogP contribution is 2.30. The largest absolute Gasteiger partial charge is 0.390 e. The fourth-order valence-corrected chi connectivity index (χ4v) is 2.60. The Labute approximate surface area is 121 Å². The lowest BCUT2D eigenvalue weighted by Gasteiger charge is -2.04. The van der Waals surface area contributed by atoms with Gasteiger partial charge in [0.2, 0.25) is 5.82 Å². The van der Waals surface area contributed by atoms with E-state index < -0.39 is 0 Å². The summed E-state index contributed by atoms with van der Waals surface area (Å²) in [6.45, 7) is 4.33. The molecule has 0 aliphatic carbocycles. The molecule has 2 aromatic heterocycles. The Kier molecular flexibility index (Phi) is 3.28. The minimum atomic E-state index is 0.465. The summed E-state index contributed by atoms with van der Waals surface area (Å²) in [5.41, 5.74) is 8.90. The molecule has 5 heteroatoms. The normalized spacial score (nSPS) is 11.2. The van der Waals surface area contributed by atoms with Crippen LogP contribution in [0.3, 0.4) is 0 Å².